The number of hydrogen-bond acceptors (Lipinski definition) is 3. The Bertz CT molecular complexity index is 394. The van der Waals surface area contributed by atoms with Crippen molar-refractivity contribution in [1.82, 2.24) is 4.90 Å². The van der Waals surface area contributed by atoms with Gasteiger partial charge < -0.3 is 14.7 Å². The fraction of sp³-hybridized carbons (Fsp3) is 0.647. The Labute approximate surface area is 123 Å². The van der Waals surface area contributed by atoms with E-state index in [0.717, 1.165) is 24.2 Å². The van der Waals surface area contributed by atoms with E-state index < -0.39 is 6.10 Å². The maximum absolute atomic E-state index is 10.8. The minimum Gasteiger partial charge on any atom is -0.491 e. The average Bonchev–Trinajstić information content (AvgIpc) is 2.40. The predicted molar refractivity (Wildman–Crippen MR) is 84.2 cm³/mol. The molecule has 0 saturated carbocycles. The lowest BCUT2D eigenvalue weighted by Crippen LogP contribution is -2.48. The minimum atomic E-state index is -0.499. The van der Waals surface area contributed by atoms with Crippen LogP contribution in [0.15, 0.2) is 24.3 Å². The van der Waals surface area contributed by atoms with E-state index in [4.69, 9.17) is 4.74 Å². The molecule has 20 heavy (non-hydrogen) atoms. The van der Waals surface area contributed by atoms with Crippen molar-refractivity contribution in [3.63, 3.8) is 0 Å². The third-order valence-electron chi connectivity index (χ3n) is 4.19. The van der Waals surface area contributed by atoms with Gasteiger partial charge in [0.1, 0.15) is 5.75 Å². The van der Waals surface area contributed by atoms with Crippen LogP contribution in [0, 0.1) is 0 Å². The van der Waals surface area contributed by atoms with Gasteiger partial charge in [-0.25, -0.2) is 0 Å². The van der Waals surface area contributed by atoms with Gasteiger partial charge in [-0.05, 0) is 58.5 Å². The van der Waals surface area contributed by atoms with E-state index >= 15 is 0 Å². The highest BCUT2D eigenvalue weighted by molar-refractivity contribution is 5.30. The van der Waals surface area contributed by atoms with Gasteiger partial charge in [0.25, 0.3) is 0 Å². The van der Waals surface area contributed by atoms with Crippen molar-refractivity contribution in [3.8, 4) is 5.75 Å². The zero-order valence-corrected chi connectivity index (χ0v) is 13.7. The zero-order chi connectivity index (χ0) is 15.3. The highest BCUT2D eigenvalue weighted by Gasteiger charge is 2.37. The second-order valence-electron chi connectivity index (χ2n) is 5.84. The van der Waals surface area contributed by atoms with Crippen molar-refractivity contribution in [1.29, 1.82) is 0 Å². The molecule has 0 spiro atoms. The number of nitrogens with zero attached hydrogens (tertiary/aromatic N) is 1. The smallest absolute Gasteiger partial charge is 0.119 e. The Morgan fingerprint density at radius 1 is 1.10 bits per heavy atom. The first kappa shape index (κ1) is 17.0. The molecule has 0 heterocycles. The highest BCUT2D eigenvalue weighted by Crippen LogP contribution is 2.36. The standard InChI is InChI=1S/C17H29NO2/c1-7-17(8-2,18(5)6)16(19)14-9-11-15(12-10-14)20-13(3)4/h9-13,16,19H,7-8H2,1-6H3. The number of benzene rings is 1. The lowest BCUT2D eigenvalue weighted by molar-refractivity contribution is -0.0149. The molecular formula is C17H29NO2. The van der Waals surface area contributed by atoms with Gasteiger partial charge in [0, 0.05) is 5.54 Å². The summed E-state index contributed by atoms with van der Waals surface area (Å²) in [4.78, 5) is 2.14. The van der Waals surface area contributed by atoms with Crippen LogP contribution in [0.1, 0.15) is 52.2 Å². The normalized spacial score (nSPS) is 13.8. The topological polar surface area (TPSA) is 32.7 Å². The number of hydrogen-bond donors (Lipinski definition) is 1. The first-order chi connectivity index (χ1) is 9.37. The van der Waals surface area contributed by atoms with E-state index in [2.05, 4.69) is 18.7 Å². The molecule has 3 nitrogen and oxygen atoms in total. The van der Waals surface area contributed by atoms with Crippen molar-refractivity contribution < 1.29 is 9.84 Å². The van der Waals surface area contributed by atoms with Gasteiger partial charge in [-0.3, -0.25) is 0 Å². The first-order valence-electron chi connectivity index (χ1n) is 7.49. The van der Waals surface area contributed by atoms with Crippen LogP contribution < -0.4 is 4.74 Å². The molecule has 0 aromatic heterocycles. The molecule has 0 bridgehead atoms. The quantitative estimate of drug-likeness (QED) is 0.827. The van der Waals surface area contributed by atoms with Gasteiger partial charge in [0.2, 0.25) is 0 Å². The van der Waals surface area contributed by atoms with Gasteiger partial charge in [0.15, 0.2) is 0 Å². The van der Waals surface area contributed by atoms with Crippen LogP contribution in [0.25, 0.3) is 0 Å². The molecule has 1 aromatic rings. The Hall–Kier alpha value is -1.06. The Morgan fingerprint density at radius 3 is 1.95 bits per heavy atom. The monoisotopic (exact) mass is 279 g/mol. The third kappa shape index (κ3) is 3.53. The summed E-state index contributed by atoms with van der Waals surface area (Å²) in [6.45, 7) is 8.27. The van der Waals surface area contributed by atoms with Crippen molar-refractivity contribution in [2.24, 2.45) is 0 Å². The summed E-state index contributed by atoms with van der Waals surface area (Å²) < 4.78 is 5.64. The Morgan fingerprint density at radius 2 is 1.60 bits per heavy atom. The number of aliphatic hydroxyl groups is 1. The molecule has 1 aromatic carbocycles. The predicted octanol–water partition coefficient (Wildman–Crippen LogP) is 3.63. The summed E-state index contributed by atoms with van der Waals surface area (Å²) in [7, 11) is 4.07. The second kappa shape index (κ2) is 7.09. The molecule has 114 valence electrons. The Balaban J connectivity index is 2.98. The number of aliphatic hydroxyl groups excluding tert-OH is 1. The second-order valence-corrected chi connectivity index (χ2v) is 5.84. The Kier molecular flexibility index (Phi) is 6.03. The van der Waals surface area contributed by atoms with Gasteiger partial charge >= 0.3 is 0 Å². The van der Waals surface area contributed by atoms with Gasteiger partial charge in [-0.1, -0.05) is 26.0 Å². The van der Waals surface area contributed by atoms with E-state index in [9.17, 15) is 5.11 Å². The molecule has 0 aliphatic heterocycles. The fourth-order valence-electron chi connectivity index (χ4n) is 2.82. The van der Waals surface area contributed by atoms with E-state index in [-0.39, 0.29) is 11.6 Å². The third-order valence-corrected chi connectivity index (χ3v) is 4.19. The van der Waals surface area contributed by atoms with Crippen molar-refractivity contribution in [2.45, 2.75) is 58.3 Å². The molecule has 3 heteroatoms. The summed E-state index contributed by atoms with van der Waals surface area (Å²) in [6, 6.07) is 7.80. The van der Waals surface area contributed by atoms with Crippen LogP contribution in [-0.2, 0) is 0 Å². The molecule has 0 saturated heterocycles. The number of ether oxygens (including phenoxy) is 1. The molecule has 0 aliphatic carbocycles. The summed E-state index contributed by atoms with van der Waals surface area (Å²) in [5.74, 6) is 0.847. The van der Waals surface area contributed by atoms with E-state index in [0.29, 0.717) is 0 Å². The maximum Gasteiger partial charge on any atom is 0.119 e. The zero-order valence-electron chi connectivity index (χ0n) is 13.7. The van der Waals surface area contributed by atoms with Crippen molar-refractivity contribution in [2.75, 3.05) is 14.1 Å². The van der Waals surface area contributed by atoms with Crippen LogP contribution in [0.3, 0.4) is 0 Å². The molecule has 0 aliphatic rings. The number of likely N-dealkylation sites (N-methyl/N-ethyl adjacent to an activating group) is 1. The highest BCUT2D eigenvalue weighted by atomic mass is 16.5. The molecule has 1 atom stereocenters. The van der Waals surface area contributed by atoms with E-state index in [1.807, 2.05) is 52.2 Å². The average molecular weight is 279 g/mol. The van der Waals surface area contributed by atoms with Gasteiger partial charge in [-0.15, -0.1) is 0 Å². The van der Waals surface area contributed by atoms with Gasteiger partial charge in [0.05, 0.1) is 12.2 Å². The van der Waals surface area contributed by atoms with E-state index in [1.165, 1.54) is 0 Å². The van der Waals surface area contributed by atoms with Gasteiger partial charge in [-0.2, -0.15) is 0 Å². The summed E-state index contributed by atoms with van der Waals surface area (Å²) in [6.07, 6.45) is 1.47. The van der Waals surface area contributed by atoms with Crippen LogP contribution in [0.4, 0.5) is 0 Å². The summed E-state index contributed by atoms with van der Waals surface area (Å²) in [5, 5.41) is 10.8. The number of rotatable bonds is 7. The maximum atomic E-state index is 10.8. The first-order valence-corrected chi connectivity index (χ1v) is 7.49. The molecule has 0 amide bonds. The van der Waals surface area contributed by atoms with Crippen LogP contribution in [-0.4, -0.2) is 35.7 Å². The molecule has 1 rings (SSSR count). The van der Waals surface area contributed by atoms with Crippen molar-refractivity contribution in [3.05, 3.63) is 29.8 Å². The van der Waals surface area contributed by atoms with Crippen molar-refractivity contribution >= 4 is 0 Å². The molecular weight excluding hydrogens is 250 g/mol. The summed E-state index contributed by atoms with van der Waals surface area (Å²) in [5.41, 5.74) is 0.721. The fourth-order valence-corrected chi connectivity index (χ4v) is 2.82. The molecule has 0 radical (unpaired) electrons. The molecule has 1 unspecified atom stereocenters. The SMILES string of the molecule is CCC(CC)(C(O)c1ccc(OC(C)C)cc1)N(C)C. The molecule has 1 N–H and O–H groups in total. The van der Waals surface area contributed by atoms with E-state index in [1.54, 1.807) is 0 Å². The largest absolute Gasteiger partial charge is 0.491 e. The lowest BCUT2D eigenvalue weighted by atomic mass is 9.81. The minimum absolute atomic E-state index is 0.165. The lowest BCUT2D eigenvalue weighted by Gasteiger charge is -2.42. The van der Waals surface area contributed by atoms with Crippen LogP contribution >= 0.6 is 0 Å². The molecule has 0 fully saturated rings. The van der Waals surface area contributed by atoms with Crippen LogP contribution in [0.5, 0.6) is 5.75 Å². The van der Waals surface area contributed by atoms with Crippen LogP contribution in [0.2, 0.25) is 0 Å². The summed E-state index contributed by atoms with van der Waals surface area (Å²) >= 11 is 0.